The Bertz CT molecular complexity index is 522. The highest BCUT2D eigenvalue weighted by Gasteiger charge is 2.08. The summed E-state index contributed by atoms with van der Waals surface area (Å²) in [5.41, 5.74) is 2.19. The molecule has 1 aromatic carbocycles. The Morgan fingerprint density at radius 1 is 1.25 bits per heavy atom. The number of hydrogen-bond donors (Lipinski definition) is 1. The van der Waals surface area contributed by atoms with Gasteiger partial charge in [-0.05, 0) is 30.0 Å². The molecular formula is C15H21N3OS. The van der Waals surface area contributed by atoms with E-state index < -0.39 is 0 Å². The number of nitrogens with one attached hydrogen (secondary N) is 1. The molecular weight excluding hydrogens is 270 g/mol. The minimum absolute atomic E-state index is 0.448. The van der Waals surface area contributed by atoms with Gasteiger partial charge in [0.25, 0.3) is 0 Å². The van der Waals surface area contributed by atoms with Gasteiger partial charge >= 0.3 is 0 Å². The summed E-state index contributed by atoms with van der Waals surface area (Å²) in [6.07, 6.45) is 1.08. The van der Waals surface area contributed by atoms with Gasteiger partial charge in [0, 0.05) is 18.1 Å². The smallest absolute Gasteiger partial charge is 0.136 e. The van der Waals surface area contributed by atoms with Crippen LogP contribution in [0.25, 0.3) is 0 Å². The lowest BCUT2D eigenvalue weighted by Gasteiger charge is -2.09. The van der Waals surface area contributed by atoms with E-state index in [0.717, 1.165) is 29.4 Å². The van der Waals surface area contributed by atoms with Crippen LogP contribution in [0.5, 0.6) is 5.75 Å². The van der Waals surface area contributed by atoms with E-state index in [-0.39, 0.29) is 0 Å². The molecule has 0 saturated carbocycles. The highest BCUT2D eigenvalue weighted by molar-refractivity contribution is 7.10. The molecule has 108 valence electrons. The van der Waals surface area contributed by atoms with Crippen molar-refractivity contribution in [2.24, 2.45) is 0 Å². The van der Waals surface area contributed by atoms with Gasteiger partial charge < -0.3 is 10.1 Å². The van der Waals surface area contributed by atoms with Gasteiger partial charge in [-0.25, -0.2) is 0 Å². The lowest BCUT2D eigenvalue weighted by molar-refractivity contribution is 0.301. The van der Waals surface area contributed by atoms with Crippen molar-refractivity contribution in [3.63, 3.8) is 0 Å². The van der Waals surface area contributed by atoms with Crippen LogP contribution in [0.1, 0.15) is 44.4 Å². The summed E-state index contributed by atoms with van der Waals surface area (Å²) < 4.78 is 9.74. The molecule has 0 bridgehead atoms. The molecule has 0 saturated heterocycles. The van der Waals surface area contributed by atoms with Crippen molar-refractivity contribution in [1.29, 1.82) is 0 Å². The number of rotatable bonds is 7. The van der Waals surface area contributed by atoms with Crippen molar-refractivity contribution in [3.05, 3.63) is 35.5 Å². The number of hydrogen-bond acceptors (Lipinski definition) is 5. The zero-order valence-electron chi connectivity index (χ0n) is 12.2. The van der Waals surface area contributed by atoms with Gasteiger partial charge in [0.1, 0.15) is 23.1 Å². The van der Waals surface area contributed by atoms with Gasteiger partial charge in [-0.2, -0.15) is 0 Å². The monoisotopic (exact) mass is 291 g/mol. The van der Waals surface area contributed by atoms with E-state index in [4.69, 9.17) is 4.74 Å². The van der Waals surface area contributed by atoms with Crippen molar-refractivity contribution in [2.75, 3.05) is 11.9 Å². The van der Waals surface area contributed by atoms with E-state index in [1.54, 1.807) is 0 Å². The maximum absolute atomic E-state index is 5.77. The SMILES string of the molecule is CCCNc1snnc1COc1ccc(C(C)C)cc1. The minimum atomic E-state index is 0.448. The number of anilines is 1. The predicted molar refractivity (Wildman–Crippen MR) is 83.6 cm³/mol. The summed E-state index contributed by atoms with van der Waals surface area (Å²) in [7, 11) is 0. The summed E-state index contributed by atoms with van der Waals surface area (Å²) in [6, 6.07) is 8.23. The van der Waals surface area contributed by atoms with Crippen molar-refractivity contribution in [2.45, 2.75) is 39.7 Å². The quantitative estimate of drug-likeness (QED) is 0.835. The standard InChI is InChI=1S/C15H21N3OS/c1-4-9-16-15-14(17-18-20-15)10-19-13-7-5-12(6-8-13)11(2)3/h5-8,11,16H,4,9-10H2,1-3H3. The van der Waals surface area contributed by atoms with E-state index in [9.17, 15) is 0 Å². The van der Waals surface area contributed by atoms with Gasteiger partial charge in [-0.1, -0.05) is 37.4 Å². The first-order valence-corrected chi connectivity index (χ1v) is 7.76. The molecule has 5 heteroatoms. The Kier molecular flexibility index (Phi) is 5.35. The summed E-state index contributed by atoms with van der Waals surface area (Å²) in [5.74, 6) is 1.40. The lowest BCUT2D eigenvalue weighted by Crippen LogP contribution is -2.03. The van der Waals surface area contributed by atoms with Crippen LogP contribution in [0.2, 0.25) is 0 Å². The van der Waals surface area contributed by atoms with E-state index in [0.29, 0.717) is 12.5 Å². The van der Waals surface area contributed by atoms with E-state index in [1.165, 1.54) is 17.1 Å². The second kappa shape index (κ2) is 7.24. The highest BCUT2D eigenvalue weighted by Crippen LogP contribution is 2.22. The van der Waals surface area contributed by atoms with Gasteiger partial charge in [0.15, 0.2) is 0 Å². The van der Waals surface area contributed by atoms with E-state index in [2.05, 4.69) is 47.8 Å². The third-order valence-electron chi connectivity index (χ3n) is 3.01. The van der Waals surface area contributed by atoms with Crippen LogP contribution < -0.4 is 10.1 Å². The van der Waals surface area contributed by atoms with Gasteiger partial charge in [0.05, 0.1) is 0 Å². The fourth-order valence-electron chi connectivity index (χ4n) is 1.78. The molecule has 0 spiro atoms. The normalized spacial score (nSPS) is 10.8. The Hall–Kier alpha value is -1.62. The average Bonchev–Trinajstić information content (AvgIpc) is 2.90. The number of benzene rings is 1. The Labute approximate surface area is 124 Å². The molecule has 1 aromatic heterocycles. The molecule has 0 amide bonds. The summed E-state index contributed by atoms with van der Waals surface area (Å²) in [4.78, 5) is 0. The largest absolute Gasteiger partial charge is 0.487 e. The van der Waals surface area contributed by atoms with Crippen LogP contribution in [-0.2, 0) is 6.61 Å². The first-order chi connectivity index (χ1) is 9.70. The van der Waals surface area contributed by atoms with Gasteiger partial charge in [-0.3, -0.25) is 0 Å². The predicted octanol–water partition coefficient (Wildman–Crippen LogP) is 4.06. The highest BCUT2D eigenvalue weighted by atomic mass is 32.1. The molecule has 0 radical (unpaired) electrons. The number of nitrogens with zero attached hydrogens (tertiary/aromatic N) is 2. The van der Waals surface area contributed by atoms with Crippen molar-refractivity contribution in [3.8, 4) is 5.75 Å². The molecule has 0 aliphatic rings. The topological polar surface area (TPSA) is 47.0 Å². The van der Waals surface area contributed by atoms with Crippen LogP contribution in [-0.4, -0.2) is 16.1 Å². The third-order valence-corrected chi connectivity index (χ3v) is 3.74. The second-order valence-corrected chi connectivity index (χ2v) is 5.74. The summed E-state index contributed by atoms with van der Waals surface area (Å²) in [6.45, 7) is 7.88. The number of aromatic nitrogens is 2. The van der Waals surface area contributed by atoms with Crippen LogP contribution in [0.15, 0.2) is 24.3 Å². The van der Waals surface area contributed by atoms with Crippen LogP contribution >= 0.6 is 11.5 Å². The molecule has 1 heterocycles. The third kappa shape index (κ3) is 3.93. The Morgan fingerprint density at radius 2 is 2.00 bits per heavy atom. The molecule has 1 N–H and O–H groups in total. The maximum atomic E-state index is 5.77. The molecule has 4 nitrogen and oxygen atoms in total. The van der Waals surface area contributed by atoms with Gasteiger partial charge in [-0.15, -0.1) is 5.10 Å². The molecule has 0 aliphatic carbocycles. The molecule has 20 heavy (non-hydrogen) atoms. The van der Waals surface area contributed by atoms with E-state index in [1.807, 2.05) is 12.1 Å². The van der Waals surface area contributed by atoms with Crippen molar-refractivity contribution in [1.82, 2.24) is 9.59 Å². The minimum Gasteiger partial charge on any atom is -0.487 e. The zero-order chi connectivity index (χ0) is 14.4. The second-order valence-electron chi connectivity index (χ2n) is 4.99. The average molecular weight is 291 g/mol. The molecule has 0 aliphatic heterocycles. The first-order valence-electron chi connectivity index (χ1n) is 6.98. The summed E-state index contributed by atoms with van der Waals surface area (Å²) in [5, 5.41) is 8.43. The van der Waals surface area contributed by atoms with Crippen LogP contribution in [0.4, 0.5) is 5.00 Å². The maximum Gasteiger partial charge on any atom is 0.136 e. The fourth-order valence-corrected chi connectivity index (χ4v) is 2.37. The van der Waals surface area contributed by atoms with Crippen molar-refractivity contribution < 1.29 is 4.74 Å². The molecule has 2 rings (SSSR count). The van der Waals surface area contributed by atoms with Crippen LogP contribution in [0, 0.1) is 0 Å². The Morgan fingerprint density at radius 3 is 2.65 bits per heavy atom. The molecule has 0 atom stereocenters. The first kappa shape index (κ1) is 14.8. The van der Waals surface area contributed by atoms with Crippen LogP contribution in [0.3, 0.4) is 0 Å². The lowest BCUT2D eigenvalue weighted by atomic mass is 10.0. The zero-order valence-corrected chi connectivity index (χ0v) is 13.0. The van der Waals surface area contributed by atoms with E-state index >= 15 is 0 Å². The molecule has 0 fully saturated rings. The molecule has 2 aromatic rings. The molecule has 0 unspecified atom stereocenters. The van der Waals surface area contributed by atoms with Gasteiger partial charge in [0.2, 0.25) is 0 Å². The fraction of sp³-hybridized carbons (Fsp3) is 0.467. The summed E-state index contributed by atoms with van der Waals surface area (Å²) >= 11 is 1.38. The Balaban J connectivity index is 1.93. The van der Waals surface area contributed by atoms with Crippen molar-refractivity contribution >= 4 is 16.5 Å². The number of ether oxygens (including phenoxy) is 1.